The Morgan fingerprint density at radius 2 is 1.80 bits per heavy atom. The van der Waals surface area contributed by atoms with Crippen molar-refractivity contribution in [2.45, 2.75) is 26.2 Å². The Hall–Kier alpha value is -2.49. The molecule has 0 unspecified atom stereocenters. The molecule has 0 bridgehead atoms. The van der Waals surface area contributed by atoms with Crippen molar-refractivity contribution in [3.8, 4) is 5.75 Å². The summed E-state index contributed by atoms with van der Waals surface area (Å²) in [6.07, 6.45) is 3.41. The number of carbonyl (C=O) groups excluding carboxylic acids is 1. The molecule has 1 amide bonds. The highest BCUT2D eigenvalue weighted by Crippen LogP contribution is 2.20. The first kappa shape index (κ1) is 17.3. The van der Waals surface area contributed by atoms with Gasteiger partial charge in [0.05, 0.1) is 0 Å². The van der Waals surface area contributed by atoms with Crippen molar-refractivity contribution < 1.29 is 9.53 Å². The maximum Gasteiger partial charge on any atom is 0.257 e. The molecule has 0 aromatic heterocycles. The lowest BCUT2D eigenvalue weighted by atomic mass is 10.1. The maximum absolute atomic E-state index is 11.9. The van der Waals surface area contributed by atoms with Gasteiger partial charge in [0.15, 0.2) is 6.61 Å². The van der Waals surface area contributed by atoms with Gasteiger partial charge in [0, 0.05) is 25.3 Å². The molecule has 1 fully saturated rings. The van der Waals surface area contributed by atoms with Crippen LogP contribution >= 0.6 is 0 Å². The molecule has 1 saturated heterocycles. The predicted octanol–water partition coefficient (Wildman–Crippen LogP) is 3.33. The molecule has 3 rings (SSSR count). The van der Waals surface area contributed by atoms with Crippen molar-refractivity contribution in [2.24, 2.45) is 0 Å². The fraction of sp³-hybridized carbons (Fsp3) is 0.381. The molecule has 1 heterocycles. The van der Waals surface area contributed by atoms with Crippen molar-refractivity contribution in [3.63, 3.8) is 0 Å². The molecule has 0 aliphatic carbocycles. The van der Waals surface area contributed by atoms with Crippen molar-refractivity contribution in [1.29, 1.82) is 0 Å². The first-order valence-electron chi connectivity index (χ1n) is 9.01. The second kappa shape index (κ2) is 8.56. The van der Waals surface area contributed by atoms with Crippen LogP contribution in [0.25, 0.3) is 0 Å². The van der Waals surface area contributed by atoms with Gasteiger partial charge in [-0.3, -0.25) is 4.79 Å². The molecule has 0 radical (unpaired) electrons. The van der Waals surface area contributed by atoms with Crippen LogP contribution in [0.3, 0.4) is 0 Å². The van der Waals surface area contributed by atoms with E-state index >= 15 is 0 Å². The van der Waals surface area contributed by atoms with Crippen LogP contribution in [-0.2, 0) is 11.2 Å². The third-order valence-electron chi connectivity index (χ3n) is 4.60. The number of amides is 1. The SMILES string of the molecule is Cc1ccccc1OCC(=O)NCCc1ccc(N2CCCC2)cc1. The summed E-state index contributed by atoms with van der Waals surface area (Å²) in [5, 5.41) is 2.92. The van der Waals surface area contributed by atoms with Crippen LogP contribution in [0.5, 0.6) is 5.75 Å². The zero-order chi connectivity index (χ0) is 17.5. The number of aryl methyl sites for hydroxylation is 1. The molecule has 2 aromatic rings. The average Bonchev–Trinajstić information content (AvgIpc) is 3.16. The lowest BCUT2D eigenvalue weighted by Crippen LogP contribution is -2.30. The Balaban J connectivity index is 1.38. The van der Waals surface area contributed by atoms with E-state index in [1.807, 2.05) is 31.2 Å². The second-order valence-electron chi connectivity index (χ2n) is 6.51. The number of nitrogens with one attached hydrogen (secondary N) is 1. The Morgan fingerprint density at radius 3 is 2.52 bits per heavy atom. The first-order valence-corrected chi connectivity index (χ1v) is 9.01. The summed E-state index contributed by atoms with van der Waals surface area (Å²) in [6, 6.07) is 16.4. The number of rotatable bonds is 7. The molecule has 132 valence electrons. The van der Waals surface area contributed by atoms with Gasteiger partial charge < -0.3 is 15.0 Å². The van der Waals surface area contributed by atoms with E-state index in [1.54, 1.807) is 0 Å². The van der Waals surface area contributed by atoms with Crippen LogP contribution in [0, 0.1) is 6.92 Å². The van der Waals surface area contributed by atoms with Crippen molar-refractivity contribution in [3.05, 3.63) is 59.7 Å². The monoisotopic (exact) mass is 338 g/mol. The van der Waals surface area contributed by atoms with E-state index in [9.17, 15) is 4.79 Å². The van der Waals surface area contributed by atoms with Crippen LogP contribution in [0.15, 0.2) is 48.5 Å². The van der Waals surface area contributed by atoms with Gasteiger partial charge in [-0.15, -0.1) is 0 Å². The van der Waals surface area contributed by atoms with Gasteiger partial charge in [-0.1, -0.05) is 30.3 Å². The minimum absolute atomic E-state index is 0.0543. The lowest BCUT2D eigenvalue weighted by molar-refractivity contribution is -0.123. The summed E-state index contributed by atoms with van der Waals surface area (Å²) in [4.78, 5) is 14.3. The van der Waals surface area contributed by atoms with Crippen LogP contribution in [0.1, 0.15) is 24.0 Å². The third-order valence-corrected chi connectivity index (χ3v) is 4.60. The molecule has 1 aliphatic rings. The fourth-order valence-corrected chi connectivity index (χ4v) is 3.11. The van der Waals surface area contributed by atoms with Crippen LogP contribution in [-0.4, -0.2) is 32.1 Å². The van der Waals surface area contributed by atoms with Crippen molar-refractivity contribution in [2.75, 3.05) is 31.1 Å². The first-order chi connectivity index (χ1) is 12.2. The quantitative estimate of drug-likeness (QED) is 0.842. The molecule has 0 saturated carbocycles. The zero-order valence-corrected chi connectivity index (χ0v) is 14.8. The van der Waals surface area contributed by atoms with E-state index in [4.69, 9.17) is 4.74 Å². The van der Waals surface area contributed by atoms with Gasteiger partial charge in [-0.2, -0.15) is 0 Å². The minimum atomic E-state index is -0.0862. The topological polar surface area (TPSA) is 41.6 Å². The summed E-state index contributed by atoms with van der Waals surface area (Å²) in [5.74, 6) is 0.673. The fourth-order valence-electron chi connectivity index (χ4n) is 3.11. The van der Waals surface area contributed by atoms with Crippen LogP contribution < -0.4 is 15.0 Å². The minimum Gasteiger partial charge on any atom is -0.484 e. The number of hydrogen-bond donors (Lipinski definition) is 1. The molecular formula is C21H26N2O2. The van der Waals surface area contributed by atoms with Gasteiger partial charge in [0.25, 0.3) is 5.91 Å². The number of carbonyl (C=O) groups is 1. The van der Waals surface area contributed by atoms with Crippen LogP contribution in [0.4, 0.5) is 5.69 Å². The number of nitrogens with zero attached hydrogens (tertiary/aromatic N) is 1. The summed E-state index contributed by atoms with van der Waals surface area (Å²) >= 11 is 0. The molecule has 0 atom stereocenters. The Labute approximate surface area is 149 Å². The summed E-state index contributed by atoms with van der Waals surface area (Å²) in [5.41, 5.74) is 3.58. The van der Waals surface area contributed by atoms with E-state index in [-0.39, 0.29) is 12.5 Å². The number of ether oxygens (including phenoxy) is 1. The summed E-state index contributed by atoms with van der Waals surface area (Å²) in [7, 11) is 0. The third kappa shape index (κ3) is 4.99. The number of para-hydroxylation sites is 1. The lowest BCUT2D eigenvalue weighted by Gasteiger charge is -2.17. The number of benzene rings is 2. The largest absolute Gasteiger partial charge is 0.484 e. The standard InChI is InChI=1S/C21H26N2O2/c1-17-6-2-3-7-20(17)25-16-21(24)22-13-12-18-8-10-19(11-9-18)23-14-4-5-15-23/h2-3,6-11H,4-5,12-16H2,1H3,(H,22,24). The predicted molar refractivity (Wildman–Crippen MR) is 101 cm³/mol. The molecule has 1 N–H and O–H groups in total. The molecular weight excluding hydrogens is 312 g/mol. The second-order valence-corrected chi connectivity index (χ2v) is 6.51. The van der Waals surface area contributed by atoms with Gasteiger partial charge in [-0.05, 0) is 55.5 Å². The normalized spacial score (nSPS) is 13.7. The molecule has 2 aromatic carbocycles. The maximum atomic E-state index is 11.9. The van der Waals surface area contributed by atoms with E-state index < -0.39 is 0 Å². The zero-order valence-electron chi connectivity index (χ0n) is 14.8. The smallest absolute Gasteiger partial charge is 0.257 e. The highest BCUT2D eigenvalue weighted by atomic mass is 16.5. The molecule has 0 spiro atoms. The number of anilines is 1. The molecule has 25 heavy (non-hydrogen) atoms. The average molecular weight is 338 g/mol. The van der Waals surface area contributed by atoms with Gasteiger partial charge in [0.2, 0.25) is 0 Å². The van der Waals surface area contributed by atoms with E-state index in [1.165, 1.54) is 24.1 Å². The van der Waals surface area contributed by atoms with E-state index in [0.29, 0.717) is 6.54 Å². The molecule has 1 aliphatic heterocycles. The Kier molecular flexibility index (Phi) is 5.94. The van der Waals surface area contributed by atoms with Gasteiger partial charge >= 0.3 is 0 Å². The summed E-state index contributed by atoms with van der Waals surface area (Å²) in [6.45, 7) is 4.98. The van der Waals surface area contributed by atoms with Crippen molar-refractivity contribution >= 4 is 11.6 Å². The van der Waals surface area contributed by atoms with E-state index in [0.717, 1.165) is 30.8 Å². The van der Waals surface area contributed by atoms with Crippen molar-refractivity contribution in [1.82, 2.24) is 5.32 Å². The Morgan fingerprint density at radius 1 is 1.08 bits per heavy atom. The summed E-state index contributed by atoms with van der Waals surface area (Å²) < 4.78 is 5.56. The highest BCUT2D eigenvalue weighted by molar-refractivity contribution is 5.77. The highest BCUT2D eigenvalue weighted by Gasteiger charge is 2.11. The van der Waals surface area contributed by atoms with E-state index in [2.05, 4.69) is 34.5 Å². The number of hydrogen-bond acceptors (Lipinski definition) is 3. The van der Waals surface area contributed by atoms with Gasteiger partial charge in [0.1, 0.15) is 5.75 Å². The molecule has 4 nitrogen and oxygen atoms in total. The Bertz CT molecular complexity index is 691. The van der Waals surface area contributed by atoms with Gasteiger partial charge in [-0.25, -0.2) is 0 Å². The molecule has 4 heteroatoms. The van der Waals surface area contributed by atoms with Crippen LogP contribution in [0.2, 0.25) is 0 Å².